The van der Waals surface area contributed by atoms with Crippen LogP contribution in [0.25, 0.3) is 10.2 Å². The first-order valence-corrected chi connectivity index (χ1v) is 10.5. The molecule has 0 spiro atoms. The van der Waals surface area contributed by atoms with E-state index in [0.29, 0.717) is 5.76 Å². The molecule has 3 aromatic rings. The van der Waals surface area contributed by atoms with Crippen LogP contribution in [0.15, 0.2) is 34.2 Å². The van der Waals surface area contributed by atoms with Crippen molar-refractivity contribution in [2.75, 3.05) is 5.75 Å². The van der Waals surface area contributed by atoms with Crippen LogP contribution >= 0.6 is 23.1 Å². The van der Waals surface area contributed by atoms with Gasteiger partial charge >= 0.3 is 6.03 Å². The van der Waals surface area contributed by atoms with Gasteiger partial charge in [-0.2, -0.15) is 0 Å². The van der Waals surface area contributed by atoms with Gasteiger partial charge < -0.3 is 9.73 Å². The molecule has 0 saturated heterocycles. The molecule has 7 nitrogen and oxygen atoms in total. The Labute approximate surface area is 164 Å². The molecule has 0 aromatic carbocycles. The van der Waals surface area contributed by atoms with Gasteiger partial charge in [-0.1, -0.05) is 11.8 Å². The number of aromatic nitrogens is 2. The van der Waals surface area contributed by atoms with Gasteiger partial charge in [0.15, 0.2) is 0 Å². The quantitative estimate of drug-likeness (QED) is 0.502. The van der Waals surface area contributed by atoms with Crippen LogP contribution < -0.4 is 10.6 Å². The van der Waals surface area contributed by atoms with Crippen LogP contribution in [-0.4, -0.2) is 27.7 Å². The summed E-state index contributed by atoms with van der Waals surface area (Å²) in [5.41, 5.74) is 1.33. The van der Waals surface area contributed by atoms with Crippen LogP contribution in [0, 0.1) is 0 Å². The smallest absolute Gasteiger partial charge is 0.321 e. The molecule has 0 atom stereocenters. The summed E-state index contributed by atoms with van der Waals surface area (Å²) in [6.07, 6.45) is 7.59. The Morgan fingerprint density at radius 1 is 1.26 bits per heavy atom. The largest absolute Gasteiger partial charge is 0.467 e. The number of nitrogens with zero attached hydrogens (tertiary/aromatic N) is 2. The summed E-state index contributed by atoms with van der Waals surface area (Å²) in [6.45, 7) is 0.229. The third-order valence-corrected chi connectivity index (χ3v) is 6.50. The highest BCUT2D eigenvalue weighted by Gasteiger charge is 2.20. The lowest BCUT2D eigenvalue weighted by molar-refractivity contribution is -0.117. The molecule has 1 aliphatic rings. The number of furan rings is 1. The predicted octanol–water partition coefficient (Wildman–Crippen LogP) is 3.28. The summed E-state index contributed by atoms with van der Waals surface area (Å²) < 4.78 is 5.13. The Kier molecular flexibility index (Phi) is 5.40. The lowest BCUT2D eigenvalue weighted by Gasteiger charge is -2.11. The average molecular weight is 403 g/mol. The molecular weight excluding hydrogens is 384 g/mol. The van der Waals surface area contributed by atoms with Gasteiger partial charge in [-0.3, -0.25) is 10.1 Å². The summed E-state index contributed by atoms with van der Waals surface area (Å²) in [4.78, 5) is 35.0. The van der Waals surface area contributed by atoms with E-state index < -0.39 is 6.03 Å². The maximum Gasteiger partial charge on any atom is 0.321 e. The number of nitrogens with one attached hydrogen (secondary N) is 2. The average Bonchev–Trinajstić information content (AvgIpc) is 3.32. The second-order valence-electron chi connectivity index (χ2n) is 6.17. The third-order valence-electron chi connectivity index (χ3n) is 4.31. The summed E-state index contributed by atoms with van der Waals surface area (Å²) in [7, 11) is 0. The molecule has 2 N–H and O–H groups in total. The summed E-state index contributed by atoms with van der Waals surface area (Å²) in [5, 5.41) is 6.80. The monoisotopic (exact) mass is 402 g/mol. The van der Waals surface area contributed by atoms with Crippen LogP contribution in [0.5, 0.6) is 0 Å². The first-order chi connectivity index (χ1) is 13.2. The number of thioether (sulfide) groups is 1. The van der Waals surface area contributed by atoms with Crippen molar-refractivity contribution in [2.24, 2.45) is 0 Å². The van der Waals surface area contributed by atoms with Crippen molar-refractivity contribution < 1.29 is 14.0 Å². The molecule has 3 amide bonds. The Morgan fingerprint density at radius 3 is 3.00 bits per heavy atom. The van der Waals surface area contributed by atoms with Gasteiger partial charge in [-0.25, -0.2) is 14.8 Å². The molecular formula is C18H18N4O3S2. The Hall–Kier alpha value is -2.39. The zero-order valence-electron chi connectivity index (χ0n) is 14.5. The molecule has 4 rings (SSSR count). The van der Waals surface area contributed by atoms with Gasteiger partial charge in [0.2, 0.25) is 5.91 Å². The molecule has 27 heavy (non-hydrogen) atoms. The highest BCUT2D eigenvalue weighted by Crippen LogP contribution is 2.39. The number of fused-ring (bicyclic) bond motifs is 3. The van der Waals surface area contributed by atoms with E-state index in [0.717, 1.165) is 28.1 Å². The maximum absolute atomic E-state index is 12.1. The topological polar surface area (TPSA) is 97.1 Å². The standard InChI is InChI=1S/C18H18N4O3S2/c23-14(22-18(24)19-8-11-4-3-7-25-11)9-26-16-15-12-5-1-2-6-13(12)27-17(15)21-10-20-16/h3-4,7,10H,1-2,5-6,8-9H2,(H2,19,22,23,24). The number of carbonyl (C=O) groups excluding carboxylic acids is 2. The third kappa shape index (κ3) is 4.14. The zero-order valence-corrected chi connectivity index (χ0v) is 16.1. The van der Waals surface area contributed by atoms with Crippen molar-refractivity contribution in [3.05, 3.63) is 40.9 Å². The fraction of sp³-hybridized carbons (Fsp3) is 0.333. The molecule has 3 aromatic heterocycles. The Bertz CT molecular complexity index is 969. The van der Waals surface area contributed by atoms with Crippen LogP contribution in [0.4, 0.5) is 4.79 Å². The maximum atomic E-state index is 12.1. The van der Waals surface area contributed by atoms with Crippen molar-refractivity contribution in [3.8, 4) is 0 Å². The molecule has 0 radical (unpaired) electrons. The first-order valence-electron chi connectivity index (χ1n) is 8.69. The normalized spacial score (nSPS) is 13.3. The van der Waals surface area contributed by atoms with E-state index in [1.54, 1.807) is 29.8 Å². The number of rotatable bonds is 5. The minimum atomic E-state index is -0.544. The molecule has 0 fully saturated rings. The SMILES string of the molecule is O=C(CSc1ncnc2sc3c(c12)CCCC3)NC(=O)NCc1ccco1. The van der Waals surface area contributed by atoms with E-state index in [1.165, 1.54) is 41.3 Å². The second-order valence-corrected chi connectivity index (χ2v) is 8.22. The molecule has 140 valence electrons. The van der Waals surface area contributed by atoms with Gasteiger partial charge in [0.1, 0.15) is 21.9 Å². The van der Waals surface area contributed by atoms with Gasteiger partial charge in [-0.05, 0) is 43.4 Å². The first kappa shape index (κ1) is 18.0. The van der Waals surface area contributed by atoms with E-state index in [1.807, 2.05) is 0 Å². The molecule has 1 aliphatic carbocycles. The van der Waals surface area contributed by atoms with E-state index >= 15 is 0 Å². The number of carbonyl (C=O) groups is 2. The van der Waals surface area contributed by atoms with Crippen molar-refractivity contribution in [1.29, 1.82) is 0 Å². The fourth-order valence-electron chi connectivity index (χ4n) is 3.09. The van der Waals surface area contributed by atoms with Gasteiger partial charge in [0.05, 0.1) is 18.6 Å². The number of amides is 3. The van der Waals surface area contributed by atoms with Crippen LogP contribution in [-0.2, 0) is 24.2 Å². The fourth-order valence-corrected chi connectivity index (χ4v) is 5.21. The molecule has 3 heterocycles. The molecule has 0 unspecified atom stereocenters. The molecule has 9 heteroatoms. The van der Waals surface area contributed by atoms with Gasteiger partial charge in [0, 0.05) is 10.3 Å². The lowest BCUT2D eigenvalue weighted by atomic mass is 9.97. The number of hydrogen-bond donors (Lipinski definition) is 2. The molecule has 0 saturated carbocycles. The van der Waals surface area contributed by atoms with Gasteiger partial charge in [-0.15, -0.1) is 11.3 Å². The van der Waals surface area contributed by atoms with Gasteiger partial charge in [0.25, 0.3) is 0 Å². The Balaban J connectivity index is 1.36. The second kappa shape index (κ2) is 8.10. The van der Waals surface area contributed by atoms with E-state index in [-0.39, 0.29) is 18.2 Å². The minimum Gasteiger partial charge on any atom is -0.467 e. The summed E-state index contributed by atoms with van der Waals surface area (Å²) >= 11 is 3.06. The van der Waals surface area contributed by atoms with Crippen molar-refractivity contribution in [2.45, 2.75) is 37.3 Å². The van der Waals surface area contributed by atoms with Crippen molar-refractivity contribution in [1.82, 2.24) is 20.6 Å². The van der Waals surface area contributed by atoms with Crippen LogP contribution in [0.3, 0.4) is 0 Å². The molecule has 0 aliphatic heterocycles. The van der Waals surface area contributed by atoms with Crippen LogP contribution in [0.2, 0.25) is 0 Å². The van der Waals surface area contributed by atoms with Crippen molar-refractivity contribution >= 4 is 45.3 Å². The van der Waals surface area contributed by atoms with E-state index in [2.05, 4.69) is 20.6 Å². The van der Waals surface area contributed by atoms with E-state index in [4.69, 9.17) is 4.42 Å². The number of imide groups is 1. The number of urea groups is 1. The van der Waals surface area contributed by atoms with Crippen LogP contribution in [0.1, 0.15) is 29.0 Å². The minimum absolute atomic E-state index is 0.116. The predicted molar refractivity (Wildman–Crippen MR) is 104 cm³/mol. The lowest BCUT2D eigenvalue weighted by Crippen LogP contribution is -2.39. The van der Waals surface area contributed by atoms with Crippen molar-refractivity contribution in [3.63, 3.8) is 0 Å². The molecule has 0 bridgehead atoms. The summed E-state index contributed by atoms with van der Waals surface area (Å²) in [5.74, 6) is 0.371. The summed E-state index contributed by atoms with van der Waals surface area (Å²) in [6, 6.07) is 2.94. The van der Waals surface area contributed by atoms with E-state index in [9.17, 15) is 9.59 Å². The zero-order chi connectivity index (χ0) is 18.6. The number of aryl methyl sites for hydroxylation is 2. The number of thiophene rings is 1. The highest BCUT2D eigenvalue weighted by atomic mass is 32.2. The Morgan fingerprint density at radius 2 is 2.15 bits per heavy atom. The number of hydrogen-bond acceptors (Lipinski definition) is 7. The highest BCUT2D eigenvalue weighted by molar-refractivity contribution is 8.00.